The predicted octanol–water partition coefficient (Wildman–Crippen LogP) is 2.29. The molecule has 1 fully saturated rings. The van der Waals surface area contributed by atoms with Crippen molar-refractivity contribution in [1.29, 1.82) is 5.26 Å². The van der Waals surface area contributed by atoms with Crippen LogP contribution in [0.25, 0.3) is 0 Å². The maximum absolute atomic E-state index is 8.76. The zero-order valence-electron chi connectivity index (χ0n) is 8.95. The number of nitrogens with zero attached hydrogens (tertiary/aromatic N) is 2. The molecule has 1 aromatic rings. The molecule has 0 spiro atoms. The minimum atomic E-state index is 0.722. The minimum Gasteiger partial charge on any atom is -0.319 e. The predicted molar refractivity (Wildman–Crippen MR) is 60.3 cm³/mol. The lowest BCUT2D eigenvalue weighted by atomic mass is 10.1. The van der Waals surface area contributed by atoms with Crippen LogP contribution < -0.4 is 5.43 Å². The van der Waals surface area contributed by atoms with E-state index in [4.69, 9.17) is 5.26 Å². The number of hydrogen-bond donors (Lipinski definition) is 1. The number of nitrogens with one attached hydrogen (secondary N) is 1. The molecule has 1 aliphatic rings. The lowest BCUT2D eigenvalue weighted by molar-refractivity contribution is 0.410. The van der Waals surface area contributed by atoms with Crippen molar-refractivity contribution in [3.05, 3.63) is 29.3 Å². The highest BCUT2D eigenvalue weighted by molar-refractivity contribution is 5.53. The fourth-order valence-corrected chi connectivity index (χ4v) is 1.86. The van der Waals surface area contributed by atoms with Crippen molar-refractivity contribution >= 4 is 5.69 Å². The number of hydrogen-bond acceptors (Lipinski definition) is 3. The van der Waals surface area contributed by atoms with Gasteiger partial charge in [-0.1, -0.05) is 0 Å². The highest BCUT2D eigenvalue weighted by atomic mass is 15.5. The van der Waals surface area contributed by atoms with Crippen molar-refractivity contribution in [3.63, 3.8) is 0 Å². The first-order valence-corrected chi connectivity index (χ1v) is 5.32. The largest absolute Gasteiger partial charge is 0.319 e. The van der Waals surface area contributed by atoms with Gasteiger partial charge in [0, 0.05) is 13.1 Å². The van der Waals surface area contributed by atoms with Crippen LogP contribution in [-0.2, 0) is 0 Å². The zero-order valence-corrected chi connectivity index (χ0v) is 8.95. The lowest BCUT2D eigenvalue weighted by Gasteiger charge is -2.19. The smallest absolute Gasteiger partial charge is 0.0991 e. The monoisotopic (exact) mass is 201 g/mol. The Balaban J connectivity index is 2.11. The van der Waals surface area contributed by atoms with Crippen molar-refractivity contribution in [3.8, 4) is 6.07 Å². The van der Waals surface area contributed by atoms with E-state index in [2.05, 4.69) is 16.5 Å². The average Bonchev–Trinajstić information content (AvgIpc) is 2.74. The van der Waals surface area contributed by atoms with Crippen molar-refractivity contribution in [2.24, 2.45) is 0 Å². The number of nitriles is 1. The molecule has 3 nitrogen and oxygen atoms in total. The van der Waals surface area contributed by atoms with Gasteiger partial charge in [-0.25, -0.2) is 5.01 Å². The van der Waals surface area contributed by atoms with Gasteiger partial charge < -0.3 is 5.43 Å². The topological polar surface area (TPSA) is 39.1 Å². The van der Waals surface area contributed by atoms with Gasteiger partial charge in [0.25, 0.3) is 0 Å². The van der Waals surface area contributed by atoms with E-state index in [9.17, 15) is 0 Å². The molecule has 0 radical (unpaired) electrons. The molecule has 0 bridgehead atoms. The van der Waals surface area contributed by atoms with E-state index in [0.717, 1.165) is 29.9 Å². The van der Waals surface area contributed by atoms with Crippen LogP contribution >= 0.6 is 0 Å². The number of aryl methyl sites for hydroxylation is 1. The maximum atomic E-state index is 8.76. The molecular formula is C12H15N3. The van der Waals surface area contributed by atoms with Crippen LogP contribution in [0.1, 0.15) is 24.0 Å². The molecule has 0 unspecified atom stereocenters. The van der Waals surface area contributed by atoms with Crippen LogP contribution in [0.15, 0.2) is 18.2 Å². The minimum absolute atomic E-state index is 0.722. The second-order valence-electron chi connectivity index (χ2n) is 3.95. The second kappa shape index (κ2) is 4.33. The lowest BCUT2D eigenvalue weighted by Crippen LogP contribution is -2.26. The van der Waals surface area contributed by atoms with Crippen molar-refractivity contribution in [2.45, 2.75) is 19.8 Å². The summed E-state index contributed by atoms with van der Waals surface area (Å²) in [6.07, 6.45) is 2.53. The van der Waals surface area contributed by atoms with E-state index in [0.29, 0.717) is 0 Å². The van der Waals surface area contributed by atoms with Gasteiger partial charge in [0.15, 0.2) is 0 Å². The molecule has 3 heteroatoms. The Labute approximate surface area is 90.3 Å². The summed E-state index contributed by atoms with van der Waals surface area (Å²) in [5.41, 5.74) is 6.34. The number of rotatable bonds is 2. The van der Waals surface area contributed by atoms with E-state index in [1.807, 2.05) is 25.1 Å². The molecule has 15 heavy (non-hydrogen) atoms. The first-order chi connectivity index (χ1) is 7.29. The third kappa shape index (κ3) is 2.28. The van der Waals surface area contributed by atoms with Crippen LogP contribution in [0.2, 0.25) is 0 Å². The van der Waals surface area contributed by atoms with E-state index < -0.39 is 0 Å². The van der Waals surface area contributed by atoms with Gasteiger partial charge in [-0.2, -0.15) is 5.26 Å². The van der Waals surface area contributed by atoms with E-state index in [1.54, 1.807) is 0 Å². The Kier molecular flexibility index (Phi) is 2.89. The molecule has 1 aromatic carbocycles. The fraction of sp³-hybridized carbons (Fsp3) is 0.417. The van der Waals surface area contributed by atoms with Crippen LogP contribution in [-0.4, -0.2) is 18.1 Å². The Morgan fingerprint density at radius 2 is 2.07 bits per heavy atom. The van der Waals surface area contributed by atoms with E-state index >= 15 is 0 Å². The highest BCUT2D eigenvalue weighted by Crippen LogP contribution is 2.18. The maximum Gasteiger partial charge on any atom is 0.0991 e. The molecule has 0 amide bonds. The van der Waals surface area contributed by atoms with Gasteiger partial charge in [0.2, 0.25) is 0 Å². The Hall–Kier alpha value is -1.53. The summed E-state index contributed by atoms with van der Waals surface area (Å²) in [5, 5.41) is 11.0. The fourth-order valence-electron chi connectivity index (χ4n) is 1.86. The molecule has 2 rings (SSSR count). The van der Waals surface area contributed by atoms with Crippen molar-refractivity contribution < 1.29 is 0 Å². The quantitative estimate of drug-likeness (QED) is 0.798. The molecular weight excluding hydrogens is 186 g/mol. The zero-order chi connectivity index (χ0) is 10.7. The summed E-state index contributed by atoms with van der Waals surface area (Å²) in [5.74, 6) is 0. The second-order valence-corrected chi connectivity index (χ2v) is 3.95. The summed E-state index contributed by atoms with van der Waals surface area (Å²) < 4.78 is 0. The molecule has 1 aliphatic heterocycles. The first kappa shape index (κ1) is 10.0. The Morgan fingerprint density at radius 3 is 2.67 bits per heavy atom. The van der Waals surface area contributed by atoms with Gasteiger partial charge >= 0.3 is 0 Å². The van der Waals surface area contributed by atoms with E-state index in [1.165, 1.54) is 12.8 Å². The van der Waals surface area contributed by atoms with Crippen LogP contribution in [0.5, 0.6) is 0 Å². The number of benzene rings is 1. The summed E-state index contributed by atoms with van der Waals surface area (Å²) in [6, 6.07) is 7.89. The summed E-state index contributed by atoms with van der Waals surface area (Å²) in [7, 11) is 0. The first-order valence-electron chi connectivity index (χ1n) is 5.32. The van der Waals surface area contributed by atoms with Gasteiger partial charge in [0.05, 0.1) is 17.3 Å². The molecule has 0 aromatic heterocycles. The number of anilines is 1. The molecule has 0 atom stereocenters. The molecule has 78 valence electrons. The molecule has 0 saturated carbocycles. The van der Waals surface area contributed by atoms with Crippen LogP contribution in [0.3, 0.4) is 0 Å². The Morgan fingerprint density at radius 1 is 1.33 bits per heavy atom. The normalized spacial score (nSPS) is 16.3. The molecule has 1 saturated heterocycles. The summed E-state index contributed by atoms with van der Waals surface area (Å²) >= 11 is 0. The Bertz CT molecular complexity index is 386. The molecule has 1 N–H and O–H groups in total. The molecule has 0 aliphatic carbocycles. The highest BCUT2D eigenvalue weighted by Gasteiger charge is 2.11. The summed E-state index contributed by atoms with van der Waals surface area (Å²) in [6.45, 7) is 4.25. The van der Waals surface area contributed by atoms with Crippen LogP contribution in [0, 0.1) is 18.3 Å². The van der Waals surface area contributed by atoms with Crippen molar-refractivity contribution in [1.82, 2.24) is 5.01 Å². The SMILES string of the molecule is Cc1cc(C#N)ccc1NN1CCCC1. The van der Waals surface area contributed by atoms with Gasteiger partial charge in [0.1, 0.15) is 0 Å². The summed E-state index contributed by atoms with van der Waals surface area (Å²) in [4.78, 5) is 0. The van der Waals surface area contributed by atoms with Crippen LogP contribution in [0.4, 0.5) is 5.69 Å². The van der Waals surface area contributed by atoms with Gasteiger partial charge in [-0.05, 0) is 43.5 Å². The standard InChI is InChI=1S/C12H15N3/c1-10-8-11(9-13)4-5-12(10)14-15-6-2-3-7-15/h4-5,8,14H,2-3,6-7H2,1H3. The van der Waals surface area contributed by atoms with Gasteiger partial charge in [-0.3, -0.25) is 0 Å². The third-order valence-corrected chi connectivity index (χ3v) is 2.74. The average molecular weight is 201 g/mol. The van der Waals surface area contributed by atoms with Crippen molar-refractivity contribution in [2.75, 3.05) is 18.5 Å². The molecule has 1 heterocycles. The van der Waals surface area contributed by atoms with Gasteiger partial charge in [-0.15, -0.1) is 0 Å². The third-order valence-electron chi connectivity index (χ3n) is 2.74. The number of hydrazine groups is 1. The van der Waals surface area contributed by atoms with E-state index in [-0.39, 0.29) is 0 Å².